The van der Waals surface area contributed by atoms with Crippen molar-refractivity contribution in [1.82, 2.24) is 0 Å². The highest BCUT2D eigenvalue weighted by Crippen LogP contribution is 2.40. The van der Waals surface area contributed by atoms with Gasteiger partial charge in [-0.15, -0.1) is 0 Å². The topological polar surface area (TPSA) is 93.7 Å². The van der Waals surface area contributed by atoms with Crippen molar-refractivity contribution in [2.75, 3.05) is 24.4 Å². The molecular formula is C21H22N2O5. The molecule has 1 fully saturated rings. The van der Waals surface area contributed by atoms with Crippen molar-refractivity contribution in [1.29, 1.82) is 0 Å². The number of methoxy groups -OCH3 is 1. The molecule has 146 valence electrons. The lowest BCUT2D eigenvalue weighted by Crippen LogP contribution is -2.21. The molecule has 1 saturated carbocycles. The van der Waals surface area contributed by atoms with Crippen LogP contribution in [0.4, 0.5) is 11.4 Å². The Labute approximate surface area is 163 Å². The highest BCUT2D eigenvalue weighted by Gasteiger charge is 2.48. The summed E-state index contributed by atoms with van der Waals surface area (Å²) < 4.78 is 10.1. The van der Waals surface area contributed by atoms with Crippen molar-refractivity contribution >= 4 is 29.2 Å². The first-order valence-electron chi connectivity index (χ1n) is 9.05. The number of hydrogen-bond donors (Lipinski definition) is 2. The number of ether oxygens (including phenoxy) is 2. The first-order chi connectivity index (χ1) is 13.5. The van der Waals surface area contributed by atoms with Crippen LogP contribution in [0.5, 0.6) is 5.75 Å². The molecular weight excluding hydrogens is 360 g/mol. The summed E-state index contributed by atoms with van der Waals surface area (Å²) in [5, 5.41) is 5.54. The molecule has 0 aromatic heterocycles. The number of benzene rings is 2. The van der Waals surface area contributed by atoms with E-state index in [9.17, 15) is 14.4 Å². The van der Waals surface area contributed by atoms with E-state index >= 15 is 0 Å². The molecule has 2 aromatic rings. The Morgan fingerprint density at radius 3 is 2.43 bits per heavy atom. The summed E-state index contributed by atoms with van der Waals surface area (Å²) in [6.07, 6.45) is 0.462. The Bertz CT molecular complexity index is 896. The van der Waals surface area contributed by atoms with Crippen molar-refractivity contribution in [3.63, 3.8) is 0 Å². The van der Waals surface area contributed by atoms with E-state index in [1.807, 2.05) is 0 Å². The second-order valence-corrected chi connectivity index (χ2v) is 6.43. The number of esters is 1. The average molecular weight is 382 g/mol. The SMILES string of the molecule is CCOC(=O)c1ccccc1NC(=O)C1CC1C(=O)Nc1cccc(OC)c1. The van der Waals surface area contributed by atoms with Crippen molar-refractivity contribution in [3.05, 3.63) is 54.1 Å². The van der Waals surface area contributed by atoms with Gasteiger partial charge in [-0.1, -0.05) is 18.2 Å². The van der Waals surface area contributed by atoms with Crippen LogP contribution in [0.1, 0.15) is 23.7 Å². The molecule has 2 atom stereocenters. The summed E-state index contributed by atoms with van der Waals surface area (Å²) >= 11 is 0. The minimum atomic E-state index is -0.499. The van der Waals surface area contributed by atoms with E-state index in [1.54, 1.807) is 62.6 Å². The molecule has 2 aromatic carbocycles. The zero-order chi connectivity index (χ0) is 20.1. The molecule has 0 bridgehead atoms. The molecule has 0 heterocycles. The third kappa shape index (κ3) is 4.49. The van der Waals surface area contributed by atoms with Gasteiger partial charge in [0.05, 0.1) is 36.8 Å². The highest BCUT2D eigenvalue weighted by molar-refractivity contribution is 6.06. The Balaban J connectivity index is 1.60. The smallest absolute Gasteiger partial charge is 0.340 e. The summed E-state index contributed by atoms with van der Waals surface area (Å²) in [4.78, 5) is 36.9. The predicted octanol–water partition coefficient (Wildman–Crippen LogP) is 3.09. The summed E-state index contributed by atoms with van der Waals surface area (Å²) in [5.41, 5.74) is 1.28. The molecule has 2 amide bonds. The van der Waals surface area contributed by atoms with Gasteiger partial charge in [0.25, 0.3) is 0 Å². The maximum Gasteiger partial charge on any atom is 0.340 e. The molecule has 1 aliphatic carbocycles. The van der Waals surface area contributed by atoms with Crippen molar-refractivity contribution in [2.24, 2.45) is 11.8 Å². The summed E-state index contributed by atoms with van der Waals surface area (Å²) in [6, 6.07) is 13.7. The van der Waals surface area contributed by atoms with Crippen LogP contribution in [0.15, 0.2) is 48.5 Å². The van der Waals surface area contributed by atoms with Gasteiger partial charge in [-0.3, -0.25) is 9.59 Å². The van der Waals surface area contributed by atoms with Crippen LogP contribution in [0.25, 0.3) is 0 Å². The second-order valence-electron chi connectivity index (χ2n) is 6.43. The zero-order valence-electron chi connectivity index (χ0n) is 15.7. The average Bonchev–Trinajstić information content (AvgIpc) is 3.50. The molecule has 0 spiro atoms. The quantitative estimate of drug-likeness (QED) is 0.718. The lowest BCUT2D eigenvalue weighted by atomic mass is 10.1. The fraction of sp³-hybridized carbons (Fsp3) is 0.286. The maximum atomic E-state index is 12.5. The summed E-state index contributed by atoms with van der Waals surface area (Å²) in [6.45, 7) is 1.96. The molecule has 2 unspecified atom stereocenters. The van der Waals surface area contributed by atoms with Crippen LogP contribution in [-0.4, -0.2) is 31.5 Å². The van der Waals surface area contributed by atoms with Crippen LogP contribution in [-0.2, 0) is 14.3 Å². The van der Waals surface area contributed by atoms with Crippen molar-refractivity contribution < 1.29 is 23.9 Å². The van der Waals surface area contributed by atoms with Crippen LogP contribution in [0, 0.1) is 11.8 Å². The molecule has 1 aliphatic rings. The zero-order valence-corrected chi connectivity index (χ0v) is 15.7. The van der Waals surface area contributed by atoms with Gasteiger partial charge in [0.15, 0.2) is 0 Å². The summed E-state index contributed by atoms with van der Waals surface area (Å²) in [5.74, 6) is -1.20. The molecule has 0 saturated heterocycles. The predicted molar refractivity (Wildman–Crippen MR) is 104 cm³/mol. The van der Waals surface area contributed by atoms with Gasteiger partial charge < -0.3 is 20.1 Å². The minimum absolute atomic E-state index is 0.216. The fourth-order valence-corrected chi connectivity index (χ4v) is 2.91. The van der Waals surface area contributed by atoms with Gasteiger partial charge in [0, 0.05) is 11.8 Å². The van der Waals surface area contributed by atoms with E-state index in [0.717, 1.165) is 0 Å². The number of carbonyl (C=O) groups excluding carboxylic acids is 3. The van der Waals surface area contributed by atoms with E-state index in [1.165, 1.54) is 0 Å². The first kappa shape index (κ1) is 19.4. The molecule has 0 aliphatic heterocycles. The third-order valence-corrected chi connectivity index (χ3v) is 4.48. The molecule has 7 heteroatoms. The standard InChI is InChI=1S/C21H22N2O5/c1-3-28-21(26)15-9-4-5-10-18(15)23-20(25)17-12-16(17)19(24)22-13-7-6-8-14(11-13)27-2/h4-11,16-17H,3,12H2,1-2H3,(H,22,24)(H,23,25). The molecule has 28 heavy (non-hydrogen) atoms. The van der Waals surface area contributed by atoms with E-state index < -0.39 is 17.8 Å². The van der Waals surface area contributed by atoms with Gasteiger partial charge >= 0.3 is 5.97 Å². The molecule has 7 nitrogen and oxygen atoms in total. The second kappa shape index (κ2) is 8.56. The van der Waals surface area contributed by atoms with Gasteiger partial charge in [-0.25, -0.2) is 4.79 Å². The van der Waals surface area contributed by atoms with Gasteiger partial charge in [-0.2, -0.15) is 0 Å². The van der Waals surface area contributed by atoms with E-state index in [4.69, 9.17) is 9.47 Å². The number of rotatable bonds is 7. The van der Waals surface area contributed by atoms with Crippen LogP contribution in [0.2, 0.25) is 0 Å². The number of hydrogen-bond acceptors (Lipinski definition) is 5. The fourth-order valence-electron chi connectivity index (χ4n) is 2.91. The number of para-hydroxylation sites is 1. The lowest BCUT2D eigenvalue weighted by Gasteiger charge is -2.10. The number of carbonyl (C=O) groups is 3. The third-order valence-electron chi connectivity index (χ3n) is 4.48. The van der Waals surface area contributed by atoms with E-state index in [-0.39, 0.29) is 24.0 Å². The van der Waals surface area contributed by atoms with Crippen LogP contribution in [0.3, 0.4) is 0 Å². The largest absolute Gasteiger partial charge is 0.497 e. The van der Waals surface area contributed by atoms with Crippen molar-refractivity contribution in [3.8, 4) is 5.75 Å². The Hall–Kier alpha value is -3.35. The normalized spacial score (nSPS) is 17.4. The Morgan fingerprint density at radius 2 is 1.71 bits per heavy atom. The number of amides is 2. The van der Waals surface area contributed by atoms with Gasteiger partial charge in [-0.05, 0) is 37.6 Å². The lowest BCUT2D eigenvalue weighted by molar-refractivity contribution is -0.122. The molecule has 0 radical (unpaired) electrons. The number of nitrogens with one attached hydrogen (secondary N) is 2. The van der Waals surface area contributed by atoms with Crippen LogP contribution >= 0.6 is 0 Å². The Morgan fingerprint density at radius 1 is 1.00 bits per heavy atom. The Kier molecular flexibility index (Phi) is 5.93. The minimum Gasteiger partial charge on any atom is -0.497 e. The van der Waals surface area contributed by atoms with E-state index in [2.05, 4.69) is 10.6 Å². The van der Waals surface area contributed by atoms with E-state index in [0.29, 0.717) is 23.5 Å². The molecule has 3 rings (SSSR count). The number of anilines is 2. The molecule has 2 N–H and O–H groups in total. The van der Waals surface area contributed by atoms with Gasteiger partial charge in [0.2, 0.25) is 11.8 Å². The van der Waals surface area contributed by atoms with Crippen LogP contribution < -0.4 is 15.4 Å². The summed E-state index contributed by atoms with van der Waals surface area (Å²) in [7, 11) is 1.55. The highest BCUT2D eigenvalue weighted by atomic mass is 16.5. The first-order valence-corrected chi connectivity index (χ1v) is 9.05. The van der Waals surface area contributed by atoms with Crippen molar-refractivity contribution in [2.45, 2.75) is 13.3 Å². The van der Waals surface area contributed by atoms with Gasteiger partial charge in [0.1, 0.15) is 5.75 Å². The monoisotopic (exact) mass is 382 g/mol. The maximum absolute atomic E-state index is 12.5.